The van der Waals surface area contributed by atoms with Crippen molar-refractivity contribution in [3.63, 3.8) is 0 Å². The number of hydrogen-bond donors (Lipinski definition) is 1. The second kappa shape index (κ2) is 4.93. The van der Waals surface area contributed by atoms with E-state index in [1.165, 1.54) is 4.31 Å². The topological polar surface area (TPSA) is 79.2 Å². The number of rotatable bonds is 2. The molecule has 0 aromatic carbocycles. The highest BCUT2D eigenvalue weighted by molar-refractivity contribution is 7.90. The van der Waals surface area contributed by atoms with Crippen LogP contribution >= 0.6 is 0 Å². The molecule has 0 aromatic rings. The maximum Gasteiger partial charge on any atom is 0.222 e. The minimum absolute atomic E-state index is 0.0243. The van der Waals surface area contributed by atoms with Gasteiger partial charge in [0.2, 0.25) is 10.0 Å². The first-order chi connectivity index (χ1) is 9.81. The molecule has 0 aromatic heterocycles. The third-order valence-electron chi connectivity index (χ3n) is 6.04. The second-order valence-corrected chi connectivity index (χ2v) is 9.11. The van der Waals surface area contributed by atoms with Crippen molar-refractivity contribution in [2.24, 2.45) is 28.3 Å². The van der Waals surface area contributed by atoms with Crippen LogP contribution in [0, 0.1) is 23.2 Å². The lowest BCUT2D eigenvalue weighted by atomic mass is 9.69. The van der Waals surface area contributed by atoms with Gasteiger partial charge in [0.1, 0.15) is 5.25 Å². The van der Waals surface area contributed by atoms with Gasteiger partial charge in [-0.3, -0.25) is 0 Å². The van der Waals surface area contributed by atoms with Gasteiger partial charge in [0, 0.05) is 19.0 Å². The molecular weight excluding hydrogens is 292 g/mol. The predicted octanol–water partition coefficient (Wildman–Crippen LogP) is 1.16. The van der Waals surface area contributed by atoms with E-state index in [4.69, 9.17) is 4.74 Å². The first-order valence-corrected chi connectivity index (χ1v) is 9.10. The monoisotopic (exact) mass is 316 g/mol. The number of hydrogen-bond acceptors (Lipinski definition) is 5. The van der Waals surface area contributed by atoms with E-state index in [1.54, 1.807) is 0 Å². The molecule has 3 aliphatic rings. The average Bonchev–Trinajstić information content (AvgIpc) is 2.96. The maximum absolute atomic E-state index is 13.0. The first-order valence-electron chi connectivity index (χ1n) is 7.60. The summed E-state index contributed by atoms with van der Waals surface area (Å²) in [7, 11) is -3.49. The van der Waals surface area contributed by atoms with Crippen molar-refractivity contribution in [2.75, 3.05) is 26.3 Å². The Kier molecular flexibility index (Phi) is 3.58. The summed E-state index contributed by atoms with van der Waals surface area (Å²) >= 11 is 0. The zero-order valence-electron chi connectivity index (χ0n) is 12.8. The Bertz CT molecular complexity index is 551. The molecule has 1 saturated heterocycles. The first kappa shape index (κ1) is 15.2. The minimum atomic E-state index is -3.49. The van der Waals surface area contributed by atoms with Crippen molar-refractivity contribution in [2.45, 2.75) is 32.4 Å². The molecule has 7 heteroatoms. The molecule has 0 spiro atoms. The fourth-order valence-electron chi connectivity index (χ4n) is 4.40. The highest BCUT2D eigenvalue weighted by Gasteiger charge is 2.63. The molecule has 6 nitrogen and oxygen atoms in total. The van der Waals surface area contributed by atoms with Crippen molar-refractivity contribution < 1.29 is 18.4 Å². The van der Waals surface area contributed by atoms with Gasteiger partial charge >= 0.3 is 0 Å². The van der Waals surface area contributed by atoms with Gasteiger partial charge in [-0.25, -0.2) is 8.42 Å². The van der Waals surface area contributed by atoms with Crippen LogP contribution in [0.1, 0.15) is 27.2 Å². The van der Waals surface area contributed by atoms with Gasteiger partial charge < -0.3 is 9.94 Å². The summed E-state index contributed by atoms with van der Waals surface area (Å²) in [5.74, 6) is 0.441. The minimum Gasteiger partial charge on any atom is -0.411 e. The third kappa shape index (κ3) is 2.04. The highest BCUT2D eigenvalue weighted by atomic mass is 32.2. The fourth-order valence-corrected chi connectivity index (χ4v) is 6.78. The van der Waals surface area contributed by atoms with Crippen molar-refractivity contribution in [1.29, 1.82) is 0 Å². The van der Waals surface area contributed by atoms with E-state index in [0.29, 0.717) is 37.9 Å². The number of oxime groups is 1. The van der Waals surface area contributed by atoms with Crippen molar-refractivity contribution in [1.82, 2.24) is 4.31 Å². The second-order valence-electron chi connectivity index (χ2n) is 7.06. The lowest BCUT2D eigenvalue weighted by molar-refractivity contribution is 0.0719. The molecule has 2 saturated carbocycles. The van der Waals surface area contributed by atoms with Gasteiger partial charge in [0.25, 0.3) is 0 Å². The van der Waals surface area contributed by atoms with E-state index < -0.39 is 15.3 Å². The van der Waals surface area contributed by atoms with Gasteiger partial charge in [-0.05, 0) is 23.7 Å². The van der Waals surface area contributed by atoms with Crippen LogP contribution in [0.2, 0.25) is 0 Å². The lowest BCUT2D eigenvalue weighted by Gasteiger charge is -2.42. The summed E-state index contributed by atoms with van der Waals surface area (Å²) in [6.45, 7) is 8.07. The molecule has 120 valence electrons. The Labute approximate surface area is 126 Å². The number of sulfonamides is 1. The fraction of sp³-hybridized carbons (Fsp3) is 0.929. The van der Waals surface area contributed by atoms with Crippen LogP contribution in [0.25, 0.3) is 0 Å². The molecule has 1 heterocycles. The van der Waals surface area contributed by atoms with Crippen LogP contribution in [0.5, 0.6) is 0 Å². The SMILES string of the molecule is C[C@H]1[C@H]2C[C@H]([C@H](S(=O)(=O)N3CCOCC3)/C2=N\O)C1(C)C. The zero-order chi connectivity index (χ0) is 15.4. The van der Waals surface area contributed by atoms with Crippen molar-refractivity contribution >= 4 is 15.7 Å². The molecule has 0 unspecified atom stereocenters. The zero-order valence-corrected chi connectivity index (χ0v) is 13.6. The van der Waals surface area contributed by atoms with E-state index in [9.17, 15) is 13.6 Å². The summed E-state index contributed by atoms with van der Waals surface area (Å²) < 4.78 is 32.8. The Balaban J connectivity index is 1.97. The Morgan fingerprint density at radius 1 is 1.33 bits per heavy atom. The molecule has 1 N–H and O–H groups in total. The third-order valence-corrected chi connectivity index (χ3v) is 8.34. The quantitative estimate of drug-likeness (QED) is 0.612. The Morgan fingerprint density at radius 2 is 1.95 bits per heavy atom. The average molecular weight is 316 g/mol. The van der Waals surface area contributed by atoms with E-state index in [-0.39, 0.29) is 17.3 Å². The summed E-state index contributed by atoms with van der Waals surface area (Å²) in [6, 6.07) is 0. The summed E-state index contributed by atoms with van der Waals surface area (Å²) in [4.78, 5) is 0. The summed E-state index contributed by atoms with van der Waals surface area (Å²) in [5, 5.41) is 12.1. The molecule has 0 amide bonds. The van der Waals surface area contributed by atoms with Crippen LogP contribution in [0.3, 0.4) is 0 Å². The van der Waals surface area contributed by atoms with Crippen LogP contribution in [0.4, 0.5) is 0 Å². The maximum atomic E-state index is 13.0. The van der Waals surface area contributed by atoms with Crippen LogP contribution in [0.15, 0.2) is 5.16 Å². The Morgan fingerprint density at radius 3 is 2.52 bits per heavy atom. The molecule has 2 bridgehead atoms. The van der Waals surface area contributed by atoms with E-state index in [2.05, 4.69) is 25.9 Å². The van der Waals surface area contributed by atoms with E-state index in [1.807, 2.05) is 0 Å². The highest BCUT2D eigenvalue weighted by Crippen LogP contribution is 2.59. The largest absolute Gasteiger partial charge is 0.411 e. The normalized spacial score (nSPS) is 41.8. The van der Waals surface area contributed by atoms with E-state index >= 15 is 0 Å². The van der Waals surface area contributed by atoms with Crippen molar-refractivity contribution in [3.8, 4) is 0 Å². The molecule has 3 rings (SSSR count). The van der Waals surface area contributed by atoms with Gasteiger partial charge in [0.15, 0.2) is 0 Å². The number of morpholine rings is 1. The predicted molar refractivity (Wildman–Crippen MR) is 78.9 cm³/mol. The Hall–Kier alpha value is -0.660. The van der Waals surface area contributed by atoms with Gasteiger partial charge in [-0.1, -0.05) is 25.9 Å². The number of ether oxygens (including phenoxy) is 1. The molecule has 4 atom stereocenters. The van der Waals surface area contributed by atoms with Gasteiger partial charge in [-0.2, -0.15) is 4.31 Å². The van der Waals surface area contributed by atoms with Crippen LogP contribution in [-0.2, 0) is 14.8 Å². The van der Waals surface area contributed by atoms with Crippen LogP contribution in [-0.4, -0.2) is 55.2 Å². The van der Waals surface area contributed by atoms with Gasteiger partial charge in [0.05, 0.1) is 18.9 Å². The molecule has 1 aliphatic heterocycles. The lowest BCUT2D eigenvalue weighted by Crippen LogP contribution is -2.53. The van der Waals surface area contributed by atoms with Crippen molar-refractivity contribution in [3.05, 3.63) is 0 Å². The summed E-state index contributed by atoms with van der Waals surface area (Å²) in [5.41, 5.74) is 0.418. The smallest absolute Gasteiger partial charge is 0.222 e. The molecular formula is C14H24N2O4S. The van der Waals surface area contributed by atoms with E-state index in [0.717, 1.165) is 6.42 Å². The standard InChI is InChI=1S/C14H24N2O4S/c1-9-10-8-11(14(9,2)3)13(12(10)15-17)21(18,19)16-4-6-20-7-5-16/h9-11,13,17H,4-8H2,1-3H3/b15-12-/t9-,10+,11+,13-/m0/s1. The number of fused-ring (bicyclic) bond motifs is 2. The molecule has 21 heavy (non-hydrogen) atoms. The van der Waals surface area contributed by atoms with Gasteiger partial charge in [-0.15, -0.1) is 0 Å². The molecule has 2 aliphatic carbocycles. The molecule has 0 radical (unpaired) electrons. The van der Waals surface area contributed by atoms with Crippen LogP contribution < -0.4 is 0 Å². The summed E-state index contributed by atoms with van der Waals surface area (Å²) in [6.07, 6.45) is 0.807. The number of nitrogens with zero attached hydrogens (tertiary/aromatic N) is 2. The molecule has 3 fully saturated rings.